The van der Waals surface area contributed by atoms with Gasteiger partial charge in [0.15, 0.2) is 11.2 Å². The number of hydrazone groups is 1. The van der Waals surface area contributed by atoms with Crippen molar-refractivity contribution in [3.63, 3.8) is 0 Å². The molecular formula is C17H24N6O2. The van der Waals surface area contributed by atoms with Gasteiger partial charge in [-0.2, -0.15) is 10.1 Å². The van der Waals surface area contributed by atoms with Gasteiger partial charge in [-0.05, 0) is 27.2 Å². The van der Waals surface area contributed by atoms with Gasteiger partial charge in [0.1, 0.15) is 0 Å². The van der Waals surface area contributed by atoms with E-state index in [-0.39, 0.29) is 23.8 Å². The molecule has 3 heterocycles. The Morgan fingerprint density at radius 2 is 2.00 bits per heavy atom. The Balaban J connectivity index is 2.40. The van der Waals surface area contributed by atoms with Crippen molar-refractivity contribution in [2.45, 2.75) is 46.7 Å². The number of nitrogens with zero attached hydrogens (tertiary/aromatic N) is 6. The molecule has 1 aliphatic heterocycles. The molecule has 0 spiro atoms. The number of allylic oxidation sites excluding steroid dienone is 1. The van der Waals surface area contributed by atoms with Gasteiger partial charge in [-0.15, -0.1) is 0 Å². The molecule has 8 nitrogen and oxygen atoms in total. The topological polar surface area (TPSA) is 77.4 Å². The summed E-state index contributed by atoms with van der Waals surface area (Å²) >= 11 is 0. The van der Waals surface area contributed by atoms with Gasteiger partial charge in [-0.1, -0.05) is 19.1 Å². The van der Waals surface area contributed by atoms with Gasteiger partial charge < -0.3 is 0 Å². The van der Waals surface area contributed by atoms with Gasteiger partial charge in [-0.3, -0.25) is 18.5 Å². The highest BCUT2D eigenvalue weighted by atomic mass is 16.2. The Labute approximate surface area is 145 Å². The molecule has 0 saturated carbocycles. The standard InChI is InChI=1S/C17H24N6O2/c1-7-8-22-16-18-14-13(23(16)12(5)11(4)19-22)15(24)21(9-10(2)3)17(25)20(14)6/h12H,2,7-9H2,1,3-6H3/t12-/m1/s1. The highest BCUT2D eigenvalue weighted by Crippen LogP contribution is 2.29. The molecule has 0 bridgehead atoms. The second-order valence-electron chi connectivity index (χ2n) is 6.68. The third kappa shape index (κ3) is 2.52. The number of rotatable bonds is 4. The lowest BCUT2D eigenvalue weighted by Crippen LogP contribution is -2.40. The molecule has 25 heavy (non-hydrogen) atoms. The van der Waals surface area contributed by atoms with E-state index < -0.39 is 0 Å². The average Bonchev–Trinajstić information content (AvgIpc) is 2.95. The largest absolute Gasteiger partial charge is 0.332 e. The van der Waals surface area contributed by atoms with E-state index in [0.717, 1.165) is 17.7 Å². The van der Waals surface area contributed by atoms with Crippen LogP contribution in [0.1, 0.15) is 40.2 Å². The molecule has 0 unspecified atom stereocenters. The van der Waals surface area contributed by atoms with Crippen molar-refractivity contribution < 1.29 is 0 Å². The van der Waals surface area contributed by atoms with E-state index in [1.165, 1.54) is 9.13 Å². The molecule has 0 aromatic carbocycles. The number of imidazole rings is 1. The summed E-state index contributed by atoms with van der Waals surface area (Å²) in [5.74, 6) is 0.607. The number of aromatic nitrogens is 4. The first-order valence-electron chi connectivity index (χ1n) is 8.46. The maximum absolute atomic E-state index is 13.1. The van der Waals surface area contributed by atoms with E-state index in [0.29, 0.717) is 23.7 Å². The fourth-order valence-electron chi connectivity index (χ4n) is 3.15. The lowest BCUT2D eigenvalue weighted by atomic mass is 10.2. The molecule has 0 saturated heterocycles. The average molecular weight is 344 g/mol. The van der Waals surface area contributed by atoms with Crippen LogP contribution in [0.2, 0.25) is 0 Å². The van der Waals surface area contributed by atoms with E-state index in [4.69, 9.17) is 0 Å². The predicted octanol–water partition coefficient (Wildman–Crippen LogP) is 1.64. The maximum Gasteiger partial charge on any atom is 0.332 e. The summed E-state index contributed by atoms with van der Waals surface area (Å²) in [6, 6.07) is -0.100. The smallest absolute Gasteiger partial charge is 0.294 e. The first-order chi connectivity index (χ1) is 11.8. The molecule has 1 atom stereocenters. The Morgan fingerprint density at radius 1 is 1.32 bits per heavy atom. The third-order valence-corrected chi connectivity index (χ3v) is 4.52. The van der Waals surface area contributed by atoms with Crippen LogP contribution in [-0.4, -0.2) is 30.9 Å². The van der Waals surface area contributed by atoms with Crippen LogP contribution in [0.3, 0.4) is 0 Å². The molecule has 0 amide bonds. The molecule has 0 fully saturated rings. The minimum Gasteiger partial charge on any atom is -0.294 e. The van der Waals surface area contributed by atoms with Crippen LogP contribution in [0.4, 0.5) is 5.95 Å². The first kappa shape index (κ1) is 17.2. The van der Waals surface area contributed by atoms with Crippen molar-refractivity contribution in [1.82, 2.24) is 18.7 Å². The lowest BCUT2D eigenvalue weighted by Gasteiger charge is -2.28. The summed E-state index contributed by atoms with van der Waals surface area (Å²) in [5, 5.41) is 6.41. The SMILES string of the molecule is C=C(C)Cn1c(=O)c2c(nc3n2[C@H](C)C(C)=NN3CCC)n(C)c1=O. The van der Waals surface area contributed by atoms with E-state index in [9.17, 15) is 9.59 Å². The van der Waals surface area contributed by atoms with E-state index in [2.05, 4.69) is 23.6 Å². The van der Waals surface area contributed by atoms with Gasteiger partial charge in [-0.25, -0.2) is 9.80 Å². The maximum atomic E-state index is 13.1. The van der Waals surface area contributed by atoms with E-state index in [1.54, 1.807) is 14.0 Å². The third-order valence-electron chi connectivity index (χ3n) is 4.52. The van der Waals surface area contributed by atoms with E-state index >= 15 is 0 Å². The van der Waals surface area contributed by atoms with Crippen molar-refractivity contribution in [3.8, 4) is 0 Å². The molecule has 8 heteroatoms. The minimum atomic E-state index is -0.386. The predicted molar refractivity (Wildman–Crippen MR) is 99.5 cm³/mol. The molecule has 0 radical (unpaired) electrons. The Kier molecular flexibility index (Phi) is 4.14. The number of fused-ring (bicyclic) bond motifs is 3. The highest BCUT2D eigenvalue weighted by molar-refractivity contribution is 5.91. The fourth-order valence-corrected chi connectivity index (χ4v) is 3.15. The van der Waals surface area contributed by atoms with Crippen molar-refractivity contribution in [3.05, 3.63) is 33.0 Å². The van der Waals surface area contributed by atoms with Gasteiger partial charge in [0.2, 0.25) is 5.95 Å². The van der Waals surface area contributed by atoms with Crippen molar-refractivity contribution in [2.24, 2.45) is 12.1 Å². The van der Waals surface area contributed by atoms with Gasteiger partial charge in [0.25, 0.3) is 5.56 Å². The summed E-state index contributed by atoms with van der Waals surface area (Å²) in [7, 11) is 1.64. The van der Waals surface area contributed by atoms with Crippen molar-refractivity contribution in [1.29, 1.82) is 0 Å². The van der Waals surface area contributed by atoms with Crippen LogP contribution in [0.15, 0.2) is 26.8 Å². The van der Waals surface area contributed by atoms with Crippen LogP contribution in [-0.2, 0) is 13.6 Å². The summed E-state index contributed by atoms with van der Waals surface area (Å²) in [5.41, 5.74) is 1.75. The highest BCUT2D eigenvalue weighted by Gasteiger charge is 2.30. The molecule has 0 N–H and O–H groups in total. The molecular weight excluding hydrogens is 320 g/mol. The van der Waals surface area contributed by atoms with Crippen LogP contribution < -0.4 is 16.3 Å². The molecule has 2 aromatic rings. The quantitative estimate of drug-likeness (QED) is 0.790. The zero-order valence-electron chi connectivity index (χ0n) is 15.4. The van der Waals surface area contributed by atoms with Gasteiger partial charge >= 0.3 is 5.69 Å². The monoisotopic (exact) mass is 344 g/mol. The van der Waals surface area contributed by atoms with Crippen molar-refractivity contribution >= 4 is 22.8 Å². The number of anilines is 1. The van der Waals surface area contributed by atoms with Gasteiger partial charge in [0, 0.05) is 13.6 Å². The second-order valence-corrected chi connectivity index (χ2v) is 6.68. The lowest BCUT2D eigenvalue weighted by molar-refractivity contribution is 0.622. The Bertz CT molecular complexity index is 1010. The summed E-state index contributed by atoms with van der Waals surface area (Å²) in [6.07, 6.45) is 0.896. The summed E-state index contributed by atoms with van der Waals surface area (Å²) in [4.78, 5) is 30.3. The van der Waals surface area contributed by atoms with Crippen molar-refractivity contribution in [2.75, 3.05) is 11.6 Å². The van der Waals surface area contributed by atoms with Crippen LogP contribution in [0.5, 0.6) is 0 Å². The Morgan fingerprint density at radius 3 is 2.60 bits per heavy atom. The number of hydrogen-bond acceptors (Lipinski definition) is 5. The summed E-state index contributed by atoms with van der Waals surface area (Å²) < 4.78 is 4.54. The first-order valence-corrected chi connectivity index (χ1v) is 8.46. The number of aryl methyl sites for hydroxylation is 1. The molecule has 0 aliphatic carbocycles. The minimum absolute atomic E-state index is 0.100. The van der Waals surface area contributed by atoms with Crippen LogP contribution >= 0.6 is 0 Å². The summed E-state index contributed by atoms with van der Waals surface area (Å²) in [6.45, 7) is 12.5. The molecule has 2 aromatic heterocycles. The zero-order valence-corrected chi connectivity index (χ0v) is 15.4. The molecule has 1 aliphatic rings. The van der Waals surface area contributed by atoms with Gasteiger partial charge in [0.05, 0.1) is 18.3 Å². The zero-order chi connectivity index (χ0) is 18.5. The molecule has 3 rings (SSSR count). The molecule has 134 valence electrons. The Hall–Kier alpha value is -2.64. The normalized spacial score (nSPS) is 16.9. The number of hydrogen-bond donors (Lipinski definition) is 0. The second kappa shape index (κ2) is 6.02. The van der Waals surface area contributed by atoms with Crippen LogP contribution in [0.25, 0.3) is 11.2 Å². The fraction of sp³-hybridized carbons (Fsp3) is 0.529. The van der Waals surface area contributed by atoms with Crippen LogP contribution in [0, 0.1) is 0 Å². The van der Waals surface area contributed by atoms with E-state index in [1.807, 2.05) is 23.4 Å².